The van der Waals surface area contributed by atoms with E-state index in [0.29, 0.717) is 39.6 Å². The average Bonchev–Trinajstić information content (AvgIpc) is 2.41. The predicted octanol–water partition coefficient (Wildman–Crippen LogP) is 2.28. The van der Waals surface area contributed by atoms with Crippen molar-refractivity contribution in [3.05, 3.63) is 0 Å². The third-order valence-corrected chi connectivity index (χ3v) is 1.41. The summed E-state index contributed by atoms with van der Waals surface area (Å²) in [6.07, 6.45) is 0. The molecule has 0 saturated heterocycles. The molecule has 0 unspecified atom stereocenters. The second-order valence-corrected chi connectivity index (χ2v) is 2.95. The van der Waals surface area contributed by atoms with E-state index in [2.05, 4.69) is 0 Å². The van der Waals surface area contributed by atoms with E-state index in [0.717, 1.165) is 10.8 Å². The summed E-state index contributed by atoms with van der Waals surface area (Å²) in [6.45, 7) is 14.4. The van der Waals surface area contributed by atoms with Gasteiger partial charge >= 0.3 is 21.7 Å². The molecule has 0 atom stereocenters. The van der Waals surface area contributed by atoms with Crippen LogP contribution in [0.2, 0.25) is 0 Å². The van der Waals surface area contributed by atoms with Gasteiger partial charge in [0.25, 0.3) is 0 Å². The Morgan fingerprint density at radius 2 is 0.571 bits per heavy atom. The smallest absolute Gasteiger partial charge is 0.251 e. The van der Waals surface area contributed by atoms with Crippen molar-refractivity contribution in [3.63, 3.8) is 0 Å². The van der Waals surface area contributed by atoms with Gasteiger partial charge < -0.3 is 0 Å². The summed E-state index contributed by atoms with van der Waals surface area (Å²) in [5, 5.41) is 2.08. The Kier molecular flexibility index (Phi) is 28.4. The van der Waals surface area contributed by atoms with Gasteiger partial charge in [0.1, 0.15) is 0 Å². The Bertz CT molecular complexity index is 135. The molecular formula is C12H30N2O6Ti+2. The molecular weight excluding hydrogens is 316 g/mol. The average molecular weight is 346 g/mol. The summed E-state index contributed by atoms with van der Waals surface area (Å²) in [5.41, 5.74) is 0. The van der Waals surface area contributed by atoms with Gasteiger partial charge in [0.15, 0.2) is 0 Å². The number of rotatable bonds is 12. The van der Waals surface area contributed by atoms with E-state index < -0.39 is 0 Å². The van der Waals surface area contributed by atoms with E-state index in [4.69, 9.17) is 29.0 Å². The van der Waals surface area contributed by atoms with Crippen LogP contribution in [0.25, 0.3) is 0 Å². The van der Waals surface area contributed by atoms with Gasteiger partial charge in [0.2, 0.25) is 0 Å². The fourth-order valence-electron chi connectivity index (χ4n) is 0.856. The third-order valence-electron chi connectivity index (χ3n) is 1.41. The summed E-state index contributed by atoms with van der Waals surface area (Å²) in [7, 11) is 0. The molecule has 0 heterocycles. The molecule has 0 fully saturated rings. The van der Waals surface area contributed by atoms with E-state index in [9.17, 15) is 0 Å². The normalized spacial score (nSPS) is 10.3. The van der Waals surface area contributed by atoms with E-state index in [1.165, 1.54) is 0 Å². The van der Waals surface area contributed by atoms with Gasteiger partial charge in [-0.05, 0) is 41.5 Å². The van der Waals surface area contributed by atoms with E-state index in [1.54, 1.807) is 0 Å². The molecule has 0 aromatic heterocycles. The minimum absolute atomic E-state index is 0. The van der Waals surface area contributed by atoms with Gasteiger partial charge in [-0.25, -0.2) is 0 Å². The molecule has 0 aliphatic heterocycles. The molecule has 21 heavy (non-hydrogen) atoms. The molecule has 0 N–H and O–H groups in total. The number of hydrogen-bond acceptors (Lipinski definition) is 8. The quantitative estimate of drug-likeness (QED) is 0.394. The first-order valence-electron chi connectivity index (χ1n) is 7.07. The topological polar surface area (TPSA) is 61.9 Å². The maximum Gasteiger partial charge on any atom is 2.00 e. The van der Waals surface area contributed by atoms with Crippen LogP contribution in [0, 0.1) is 0 Å². The maximum absolute atomic E-state index is 4.91. The van der Waals surface area contributed by atoms with Crippen LogP contribution in [0.3, 0.4) is 0 Å². The van der Waals surface area contributed by atoms with Crippen molar-refractivity contribution in [2.75, 3.05) is 39.6 Å². The standard InChI is InChI=1S/2C6H15NO3.Ti/c2*1-4-8-7(9-5-2)10-6-3;/h2*4-6H2,1-3H3;/q;;+2. The summed E-state index contributed by atoms with van der Waals surface area (Å²) < 4.78 is 0. The van der Waals surface area contributed by atoms with Gasteiger partial charge in [-0.2, -0.15) is 0 Å². The van der Waals surface area contributed by atoms with Crippen molar-refractivity contribution < 1.29 is 50.7 Å². The van der Waals surface area contributed by atoms with Crippen molar-refractivity contribution in [3.8, 4) is 0 Å². The SMILES string of the molecule is CCON(OCC)OCC.CCON(OCC)OCC.[Ti+2]. The molecule has 0 radical (unpaired) electrons. The van der Waals surface area contributed by atoms with Crippen LogP contribution in [-0.4, -0.2) is 50.4 Å². The molecule has 8 nitrogen and oxygen atoms in total. The largest absolute Gasteiger partial charge is 2.00 e. The van der Waals surface area contributed by atoms with E-state index in [1.807, 2.05) is 41.5 Å². The Morgan fingerprint density at radius 3 is 0.667 bits per heavy atom. The molecule has 9 heteroatoms. The van der Waals surface area contributed by atoms with Gasteiger partial charge in [-0.15, -0.1) is 0 Å². The molecule has 0 aliphatic rings. The zero-order valence-electron chi connectivity index (χ0n) is 14.1. The second kappa shape index (κ2) is 22.7. The molecule has 0 aliphatic carbocycles. The zero-order valence-corrected chi connectivity index (χ0v) is 15.6. The van der Waals surface area contributed by atoms with Crippen LogP contribution in [0.15, 0.2) is 0 Å². The van der Waals surface area contributed by atoms with Gasteiger partial charge in [0, 0.05) is 0 Å². The molecule has 0 amide bonds. The zero-order chi connectivity index (χ0) is 15.6. The van der Waals surface area contributed by atoms with Crippen molar-refractivity contribution in [1.82, 2.24) is 10.8 Å². The Hall–Kier alpha value is 0.394. The fourth-order valence-corrected chi connectivity index (χ4v) is 0.856. The van der Waals surface area contributed by atoms with Crippen molar-refractivity contribution in [2.45, 2.75) is 41.5 Å². The molecule has 126 valence electrons. The summed E-state index contributed by atoms with van der Waals surface area (Å²) >= 11 is 0. The number of nitrogens with zero attached hydrogens (tertiary/aromatic N) is 2. The minimum atomic E-state index is 0. The van der Waals surface area contributed by atoms with Crippen molar-refractivity contribution in [1.29, 1.82) is 0 Å². The van der Waals surface area contributed by atoms with E-state index >= 15 is 0 Å². The van der Waals surface area contributed by atoms with Crippen LogP contribution in [0.4, 0.5) is 0 Å². The molecule has 0 saturated carbocycles. The van der Waals surface area contributed by atoms with Gasteiger partial charge in [-0.1, -0.05) is 0 Å². The Morgan fingerprint density at radius 1 is 0.429 bits per heavy atom. The van der Waals surface area contributed by atoms with Crippen LogP contribution >= 0.6 is 0 Å². The second-order valence-electron chi connectivity index (χ2n) is 2.95. The van der Waals surface area contributed by atoms with Crippen LogP contribution in [0.1, 0.15) is 41.5 Å². The first kappa shape index (κ1) is 26.3. The third kappa shape index (κ3) is 20.4. The van der Waals surface area contributed by atoms with Gasteiger partial charge in [-0.3, -0.25) is 29.0 Å². The maximum atomic E-state index is 4.91. The first-order chi connectivity index (χ1) is 9.69. The minimum Gasteiger partial charge on any atom is -0.251 e. The molecule has 0 aromatic rings. The first-order valence-corrected chi connectivity index (χ1v) is 7.07. The van der Waals surface area contributed by atoms with Crippen LogP contribution < -0.4 is 0 Å². The predicted molar refractivity (Wildman–Crippen MR) is 73.4 cm³/mol. The molecule has 0 spiro atoms. The molecule has 0 rings (SSSR count). The summed E-state index contributed by atoms with van der Waals surface area (Å²) in [4.78, 5) is 29.5. The molecule has 0 bridgehead atoms. The fraction of sp³-hybridized carbons (Fsp3) is 1.00. The van der Waals surface area contributed by atoms with Crippen LogP contribution in [-0.2, 0) is 50.7 Å². The Labute approximate surface area is 143 Å². The molecule has 0 aromatic carbocycles. The van der Waals surface area contributed by atoms with Crippen molar-refractivity contribution >= 4 is 0 Å². The van der Waals surface area contributed by atoms with Gasteiger partial charge in [0.05, 0.1) is 50.4 Å². The van der Waals surface area contributed by atoms with E-state index in [-0.39, 0.29) is 21.7 Å². The summed E-state index contributed by atoms with van der Waals surface area (Å²) in [5.74, 6) is 0. The Balaban J connectivity index is -0.000000295. The summed E-state index contributed by atoms with van der Waals surface area (Å²) in [6, 6.07) is 0. The number of hydrogen-bond donors (Lipinski definition) is 0. The van der Waals surface area contributed by atoms with Crippen molar-refractivity contribution in [2.24, 2.45) is 0 Å². The monoisotopic (exact) mass is 346 g/mol. The van der Waals surface area contributed by atoms with Crippen LogP contribution in [0.5, 0.6) is 0 Å².